The summed E-state index contributed by atoms with van der Waals surface area (Å²) in [6.45, 7) is 5.70. The summed E-state index contributed by atoms with van der Waals surface area (Å²) in [4.78, 5) is 0. The Balaban J connectivity index is 2.91. The van der Waals surface area contributed by atoms with Gasteiger partial charge in [0.2, 0.25) is 0 Å². The first-order valence-electron chi connectivity index (χ1n) is 6.31. The van der Waals surface area contributed by atoms with Crippen molar-refractivity contribution in [1.29, 1.82) is 0 Å². The molecule has 1 rings (SSSR count). The molecule has 0 amide bonds. The number of ether oxygens (including phenoxy) is 2. The SMILES string of the molecule is COc1cc(NCCCCN)c(OC)c(C)c1C. The molecule has 102 valence electrons. The lowest BCUT2D eigenvalue weighted by atomic mass is 10.1. The highest BCUT2D eigenvalue weighted by Gasteiger charge is 2.13. The lowest BCUT2D eigenvalue weighted by Gasteiger charge is -2.17. The number of rotatable bonds is 7. The number of methoxy groups -OCH3 is 2. The molecule has 0 radical (unpaired) electrons. The second-order valence-corrected chi connectivity index (χ2v) is 4.33. The Morgan fingerprint density at radius 1 is 1.11 bits per heavy atom. The Morgan fingerprint density at radius 3 is 2.39 bits per heavy atom. The van der Waals surface area contributed by atoms with Gasteiger partial charge in [0.1, 0.15) is 11.5 Å². The molecule has 0 aromatic heterocycles. The molecule has 0 bridgehead atoms. The zero-order chi connectivity index (χ0) is 13.5. The average molecular weight is 252 g/mol. The number of hydrogen-bond acceptors (Lipinski definition) is 4. The quantitative estimate of drug-likeness (QED) is 0.732. The fourth-order valence-electron chi connectivity index (χ4n) is 1.96. The summed E-state index contributed by atoms with van der Waals surface area (Å²) in [5, 5.41) is 3.38. The maximum atomic E-state index is 5.48. The predicted molar refractivity (Wildman–Crippen MR) is 75.8 cm³/mol. The van der Waals surface area contributed by atoms with Gasteiger partial charge < -0.3 is 20.5 Å². The first-order valence-corrected chi connectivity index (χ1v) is 6.31. The highest BCUT2D eigenvalue weighted by atomic mass is 16.5. The maximum absolute atomic E-state index is 5.48. The van der Waals surface area contributed by atoms with Crippen LogP contribution in [0.1, 0.15) is 24.0 Å². The molecule has 0 spiro atoms. The van der Waals surface area contributed by atoms with E-state index in [1.165, 1.54) is 0 Å². The van der Waals surface area contributed by atoms with Crippen molar-refractivity contribution in [3.05, 3.63) is 17.2 Å². The molecule has 0 heterocycles. The lowest BCUT2D eigenvalue weighted by molar-refractivity contribution is 0.399. The van der Waals surface area contributed by atoms with E-state index >= 15 is 0 Å². The summed E-state index contributed by atoms with van der Waals surface area (Å²) in [7, 11) is 3.38. The highest BCUT2D eigenvalue weighted by Crippen LogP contribution is 2.36. The van der Waals surface area contributed by atoms with Crippen molar-refractivity contribution >= 4 is 5.69 Å². The van der Waals surface area contributed by atoms with Crippen LogP contribution in [0.2, 0.25) is 0 Å². The third kappa shape index (κ3) is 3.29. The molecule has 0 aliphatic rings. The molecular formula is C14H24N2O2. The van der Waals surface area contributed by atoms with Crippen LogP contribution in [-0.2, 0) is 0 Å². The standard InChI is InChI=1S/C14H24N2O2/c1-10-11(2)14(18-4)12(9-13(10)17-3)16-8-6-5-7-15/h9,16H,5-8,15H2,1-4H3. The van der Waals surface area contributed by atoms with Crippen LogP contribution < -0.4 is 20.5 Å². The van der Waals surface area contributed by atoms with Crippen molar-refractivity contribution < 1.29 is 9.47 Å². The van der Waals surface area contributed by atoms with E-state index in [0.29, 0.717) is 0 Å². The van der Waals surface area contributed by atoms with Gasteiger partial charge in [-0.3, -0.25) is 0 Å². The van der Waals surface area contributed by atoms with Crippen LogP contribution in [0.5, 0.6) is 11.5 Å². The molecule has 0 fully saturated rings. The van der Waals surface area contributed by atoms with E-state index in [-0.39, 0.29) is 0 Å². The minimum absolute atomic E-state index is 0.731. The van der Waals surface area contributed by atoms with Gasteiger partial charge >= 0.3 is 0 Å². The van der Waals surface area contributed by atoms with Crippen molar-refractivity contribution in [3.63, 3.8) is 0 Å². The Bertz CT molecular complexity index is 392. The van der Waals surface area contributed by atoms with Gasteiger partial charge in [0.25, 0.3) is 0 Å². The normalized spacial score (nSPS) is 10.3. The number of unbranched alkanes of at least 4 members (excludes halogenated alkanes) is 1. The van der Waals surface area contributed by atoms with Crippen LogP contribution in [0.4, 0.5) is 5.69 Å². The van der Waals surface area contributed by atoms with Crippen molar-refractivity contribution in [2.45, 2.75) is 26.7 Å². The van der Waals surface area contributed by atoms with Gasteiger partial charge in [0, 0.05) is 12.6 Å². The molecule has 1 aromatic carbocycles. The maximum Gasteiger partial charge on any atom is 0.145 e. The number of anilines is 1. The molecule has 0 saturated carbocycles. The molecule has 0 saturated heterocycles. The number of nitrogens with one attached hydrogen (secondary N) is 1. The minimum atomic E-state index is 0.731. The molecule has 18 heavy (non-hydrogen) atoms. The van der Waals surface area contributed by atoms with Gasteiger partial charge in [-0.25, -0.2) is 0 Å². The monoisotopic (exact) mass is 252 g/mol. The summed E-state index contributed by atoms with van der Waals surface area (Å²) in [5.41, 5.74) is 8.68. The van der Waals surface area contributed by atoms with E-state index in [4.69, 9.17) is 15.2 Å². The summed E-state index contributed by atoms with van der Waals surface area (Å²) in [5.74, 6) is 1.77. The molecule has 4 heteroatoms. The molecule has 0 aliphatic carbocycles. The van der Waals surface area contributed by atoms with E-state index in [1.54, 1.807) is 14.2 Å². The second-order valence-electron chi connectivity index (χ2n) is 4.33. The molecule has 1 aromatic rings. The average Bonchev–Trinajstić information content (AvgIpc) is 2.38. The Kier molecular flexibility index (Phi) is 5.78. The van der Waals surface area contributed by atoms with E-state index in [0.717, 1.165) is 54.2 Å². The third-order valence-corrected chi connectivity index (χ3v) is 3.16. The molecule has 0 unspecified atom stereocenters. The van der Waals surface area contributed by atoms with Crippen molar-refractivity contribution in [3.8, 4) is 11.5 Å². The topological polar surface area (TPSA) is 56.5 Å². The number of benzene rings is 1. The molecular weight excluding hydrogens is 228 g/mol. The van der Waals surface area contributed by atoms with Crippen molar-refractivity contribution in [1.82, 2.24) is 0 Å². The van der Waals surface area contributed by atoms with Crippen LogP contribution in [0.25, 0.3) is 0 Å². The van der Waals surface area contributed by atoms with E-state index < -0.39 is 0 Å². The largest absolute Gasteiger partial charge is 0.496 e. The van der Waals surface area contributed by atoms with E-state index in [1.807, 2.05) is 19.9 Å². The molecule has 3 N–H and O–H groups in total. The zero-order valence-corrected chi connectivity index (χ0v) is 11.8. The van der Waals surface area contributed by atoms with Gasteiger partial charge in [0.05, 0.1) is 19.9 Å². The highest BCUT2D eigenvalue weighted by molar-refractivity contribution is 5.66. The fourth-order valence-corrected chi connectivity index (χ4v) is 1.96. The molecule has 0 aliphatic heterocycles. The predicted octanol–water partition coefficient (Wildman–Crippen LogP) is 2.47. The second kappa shape index (κ2) is 7.11. The Morgan fingerprint density at radius 2 is 1.83 bits per heavy atom. The summed E-state index contributed by atoms with van der Waals surface area (Å²) >= 11 is 0. The smallest absolute Gasteiger partial charge is 0.145 e. The number of hydrogen-bond donors (Lipinski definition) is 2. The van der Waals surface area contributed by atoms with E-state index in [2.05, 4.69) is 5.32 Å². The third-order valence-electron chi connectivity index (χ3n) is 3.16. The van der Waals surface area contributed by atoms with Gasteiger partial charge in [-0.05, 0) is 44.4 Å². The Labute approximate surface area is 109 Å². The zero-order valence-electron chi connectivity index (χ0n) is 11.8. The minimum Gasteiger partial charge on any atom is -0.496 e. The number of nitrogens with two attached hydrogens (primary N) is 1. The van der Waals surface area contributed by atoms with Crippen LogP contribution in [0.3, 0.4) is 0 Å². The first kappa shape index (κ1) is 14.6. The Hall–Kier alpha value is -1.42. The summed E-state index contributed by atoms with van der Waals surface area (Å²) in [6, 6.07) is 1.99. The van der Waals surface area contributed by atoms with Crippen LogP contribution in [0, 0.1) is 13.8 Å². The van der Waals surface area contributed by atoms with Gasteiger partial charge in [-0.1, -0.05) is 0 Å². The fraction of sp³-hybridized carbons (Fsp3) is 0.571. The van der Waals surface area contributed by atoms with Crippen LogP contribution in [-0.4, -0.2) is 27.3 Å². The lowest BCUT2D eigenvalue weighted by Crippen LogP contribution is -2.08. The van der Waals surface area contributed by atoms with E-state index in [9.17, 15) is 0 Å². The van der Waals surface area contributed by atoms with Crippen molar-refractivity contribution in [2.75, 3.05) is 32.6 Å². The summed E-state index contributed by atoms with van der Waals surface area (Å²) < 4.78 is 10.8. The van der Waals surface area contributed by atoms with Crippen LogP contribution >= 0.6 is 0 Å². The van der Waals surface area contributed by atoms with Gasteiger partial charge in [0.15, 0.2) is 0 Å². The molecule has 4 nitrogen and oxygen atoms in total. The van der Waals surface area contributed by atoms with Crippen molar-refractivity contribution in [2.24, 2.45) is 5.73 Å². The van der Waals surface area contributed by atoms with Gasteiger partial charge in [-0.15, -0.1) is 0 Å². The van der Waals surface area contributed by atoms with Gasteiger partial charge in [-0.2, -0.15) is 0 Å². The summed E-state index contributed by atoms with van der Waals surface area (Å²) in [6.07, 6.45) is 2.08. The molecule has 0 atom stereocenters. The van der Waals surface area contributed by atoms with Crippen LogP contribution in [0.15, 0.2) is 6.07 Å². The first-order chi connectivity index (χ1) is 8.65.